The molecule has 0 saturated heterocycles. The van der Waals surface area contributed by atoms with E-state index in [1.54, 1.807) is 21.3 Å². The van der Waals surface area contributed by atoms with Crippen molar-refractivity contribution in [3.8, 4) is 23.0 Å². The first-order valence-corrected chi connectivity index (χ1v) is 14.8. The molecule has 3 aromatic rings. The maximum atomic E-state index is 6.86. The molecule has 8 nitrogen and oxygen atoms in total. The number of hydrogen-bond acceptors (Lipinski definition) is 8. The molecule has 0 amide bonds. The molecular weight excluding hydrogens is 558 g/mol. The van der Waals surface area contributed by atoms with E-state index < -0.39 is 0 Å². The molecule has 9 heteroatoms. The molecule has 0 aliphatic carbocycles. The van der Waals surface area contributed by atoms with E-state index in [0.29, 0.717) is 63.6 Å². The molecule has 2 heterocycles. The van der Waals surface area contributed by atoms with Crippen LogP contribution in [0.5, 0.6) is 23.0 Å². The average molecular weight is 598 g/mol. The lowest BCUT2D eigenvalue weighted by Gasteiger charge is -2.42. The van der Waals surface area contributed by atoms with E-state index in [-0.39, 0.29) is 6.04 Å². The lowest BCUT2D eigenvalue weighted by atomic mass is 9.83. The normalized spacial score (nSPS) is 15.9. The molecule has 3 aromatic carbocycles. The maximum absolute atomic E-state index is 6.86. The van der Waals surface area contributed by atoms with Crippen molar-refractivity contribution >= 4 is 11.6 Å². The molecule has 0 radical (unpaired) electrons. The summed E-state index contributed by atoms with van der Waals surface area (Å²) in [5.74, 6) is 2.89. The fraction of sp³-hybridized carbons (Fsp3) is 0.455. The average Bonchev–Trinajstić information content (AvgIpc) is 3.03. The molecular formula is C33H40ClNO7. The Morgan fingerprint density at radius 1 is 0.786 bits per heavy atom. The van der Waals surface area contributed by atoms with Gasteiger partial charge in [-0.15, -0.1) is 0 Å². The van der Waals surface area contributed by atoms with Crippen molar-refractivity contribution in [1.29, 1.82) is 0 Å². The van der Waals surface area contributed by atoms with Crippen molar-refractivity contribution in [3.05, 3.63) is 81.4 Å². The summed E-state index contributed by atoms with van der Waals surface area (Å²) in [5, 5.41) is 0.694. The van der Waals surface area contributed by atoms with E-state index in [9.17, 15) is 0 Å². The predicted octanol–water partition coefficient (Wildman–Crippen LogP) is 5.65. The second-order valence-electron chi connectivity index (χ2n) is 10.3. The molecule has 2 aliphatic rings. The Morgan fingerprint density at radius 3 is 2.26 bits per heavy atom. The van der Waals surface area contributed by atoms with Crippen LogP contribution < -0.4 is 18.9 Å². The van der Waals surface area contributed by atoms with Gasteiger partial charge in [-0.2, -0.15) is 0 Å². The molecule has 0 spiro atoms. The maximum Gasteiger partial charge on any atom is 0.166 e. The molecule has 42 heavy (non-hydrogen) atoms. The van der Waals surface area contributed by atoms with Gasteiger partial charge in [0.05, 0.1) is 47.3 Å². The van der Waals surface area contributed by atoms with Gasteiger partial charge in [0.25, 0.3) is 0 Å². The third-order valence-electron chi connectivity index (χ3n) is 7.80. The number of ether oxygens (including phenoxy) is 7. The summed E-state index contributed by atoms with van der Waals surface area (Å²) in [7, 11) is 4.99. The fourth-order valence-corrected chi connectivity index (χ4v) is 5.95. The SMILES string of the molecule is COCCOCCOCCOc1c(OC)cc(Cl)c2c1CN1CCc3cc(OC)c(OCc4ccccc4)cc3C1C2. The van der Waals surface area contributed by atoms with E-state index in [4.69, 9.17) is 44.8 Å². The lowest BCUT2D eigenvalue weighted by molar-refractivity contribution is 0.0176. The third kappa shape index (κ3) is 7.13. The standard InChI is InChI=1S/C33H40ClNO7/c1-36-11-12-39-13-14-40-15-16-41-33-27-21-35-10-9-24-17-30(37-2)31(42-22-23-7-5-4-6-8-23)19-25(24)29(35)18-26(27)28(34)20-32(33)38-3/h4-8,17,19-20,29H,9-16,18,21-22H2,1-3H3. The number of benzene rings is 3. The molecule has 0 bridgehead atoms. The van der Waals surface area contributed by atoms with Crippen LogP contribution in [0.4, 0.5) is 0 Å². The van der Waals surface area contributed by atoms with Crippen LogP contribution in [0.15, 0.2) is 48.5 Å². The first kappa shape index (κ1) is 30.4. The van der Waals surface area contributed by atoms with Crippen LogP contribution in [0.3, 0.4) is 0 Å². The number of nitrogens with zero attached hydrogens (tertiary/aromatic N) is 1. The van der Waals surface area contributed by atoms with Crippen molar-refractivity contribution in [2.24, 2.45) is 0 Å². The van der Waals surface area contributed by atoms with Gasteiger partial charge >= 0.3 is 0 Å². The van der Waals surface area contributed by atoms with Gasteiger partial charge < -0.3 is 33.2 Å². The highest BCUT2D eigenvalue weighted by molar-refractivity contribution is 6.31. The number of rotatable bonds is 15. The molecule has 0 N–H and O–H groups in total. The Labute approximate surface area is 253 Å². The zero-order valence-corrected chi connectivity index (χ0v) is 25.4. The molecule has 0 aromatic heterocycles. The fourth-order valence-electron chi connectivity index (χ4n) is 5.66. The van der Waals surface area contributed by atoms with Crippen LogP contribution in [-0.2, 0) is 40.2 Å². The van der Waals surface area contributed by atoms with Crippen molar-refractivity contribution in [2.75, 3.05) is 67.5 Å². The summed E-state index contributed by atoms with van der Waals surface area (Å²) in [6.45, 7) is 5.11. The van der Waals surface area contributed by atoms with Crippen LogP contribution >= 0.6 is 11.6 Å². The van der Waals surface area contributed by atoms with Crippen molar-refractivity contribution in [2.45, 2.75) is 32.0 Å². The highest BCUT2D eigenvalue weighted by Crippen LogP contribution is 2.48. The van der Waals surface area contributed by atoms with Crippen LogP contribution in [-0.4, -0.2) is 72.4 Å². The van der Waals surface area contributed by atoms with Crippen LogP contribution in [0.25, 0.3) is 0 Å². The van der Waals surface area contributed by atoms with Gasteiger partial charge in [0, 0.05) is 42.9 Å². The Kier molecular flexibility index (Phi) is 10.8. The molecule has 1 unspecified atom stereocenters. The molecule has 2 aliphatic heterocycles. The summed E-state index contributed by atoms with van der Waals surface area (Å²) >= 11 is 6.86. The zero-order valence-electron chi connectivity index (χ0n) is 24.7. The molecule has 0 saturated carbocycles. The van der Waals surface area contributed by atoms with Crippen LogP contribution in [0.2, 0.25) is 5.02 Å². The van der Waals surface area contributed by atoms with Gasteiger partial charge in [-0.3, -0.25) is 4.90 Å². The molecule has 226 valence electrons. The molecule has 1 atom stereocenters. The number of hydrogen-bond donors (Lipinski definition) is 0. The Bertz CT molecular complexity index is 1320. The number of halogens is 1. The first-order chi connectivity index (χ1) is 20.6. The third-order valence-corrected chi connectivity index (χ3v) is 8.13. The van der Waals surface area contributed by atoms with Crippen molar-refractivity contribution in [3.63, 3.8) is 0 Å². The molecule has 0 fully saturated rings. The lowest BCUT2D eigenvalue weighted by Crippen LogP contribution is -2.39. The minimum absolute atomic E-state index is 0.173. The zero-order chi connectivity index (χ0) is 29.3. The quantitative estimate of drug-likeness (QED) is 0.208. The van der Waals surface area contributed by atoms with Gasteiger partial charge in [0.1, 0.15) is 13.2 Å². The van der Waals surface area contributed by atoms with Crippen LogP contribution in [0.1, 0.15) is 33.9 Å². The number of methoxy groups -OCH3 is 3. The minimum atomic E-state index is 0.173. The summed E-state index contributed by atoms with van der Waals surface area (Å²) in [6.07, 6.45) is 1.69. The second kappa shape index (κ2) is 14.9. The van der Waals surface area contributed by atoms with Crippen molar-refractivity contribution < 1.29 is 33.2 Å². The highest BCUT2D eigenvalue weighted by atomic mass is 35.5. The summed E-state index contributed by atoms with van der Waals surface area (Å²) in [6, 6.07) is 16.5. The highest BCUT2D eigenvalue weighted by Gasteiger charge is 2.36. The van der Waals surface area contributed by atoms with E-state index in [2.05, 4.69) is 29.2 Å². The number of fused-ring (bicyclic) bond motifs is 4. The van der Waals surface area contributed by atoms with Gasteiger partial charge in [0.15, 0.2) is 23.0 Å². The largest absolute Gasteiger partial charge is 0.493 e. The first-order valence-electron chi connectivity index (χ1n) is 14.4. The predicted molar refractivity (Wildman–Crippen MR) is 161 cm³/mol. The smallest absolute Gasteiger partial charge is 0.166 e. The summed E-state index contributed by atoms with van der Waals surface area (Å²) in [5.41, 5.74) is 5.83. The Balaban J connectivity index is 1.31. The Morgan fingerprint density at radius 2 is 1.52 bits per heavy atom. The molecule has 5 rings (SSSR count). The monoisotopic (exact) mass is 597 g/mol. The van der Waals surface area contributed by atoms with Gasteiger partial charge in [-0.05, 0) is 47.2 Å². The minimum Gasteiger partial charge on any atom is -0.493 e. The topological polar surface area (TPSA) is 67.9 Å². The van der Waals surface area contributed by atoms with Gasteiger partial charge in [-0.25, -0.2) is 0 Å². The van der Waals surface area contributed by atoms with Crippen LogP contribution in [0, 0.1) is 0 Å². The van der Waals surface area contributed by atoms with E-state index in [1.807, 2.05) is 24.3 Å². The van der Waals surface area contributed by atoms with Crippen molar-refractivity contribution in [1.82, 2.24) is 4.90 Å². The van der Waals surface area contributed by atoms with E-state index in [0.717, 1.165) is 53.3 Å². The summed E-state index contributed by atoms with van der Waals surface area (Å²) < 4.78 is 40.1. The van der Waals surface area contributed by atoms with Gasteiger partial charge in [-0.1, -0.05) is 41.9 Å². The van der Waals surface area contributed by atoms with E-state index in [1.165, 1.54) is 11.1 Å². The Hall–Kier alpha value is -3.01. The van der Waals surface area contributed by atoms with Gasteiger partial charge in [0.2, 0.25) is 0 Å². The van der Waals surface area contributed by atoms with E-state index >= 15 is 0 Å². The summed E-state index contributed by atoms with van der Waals surface area (Å²) in [4.78, 5) is 2.49. The second-order valence-corrected chi connectivity index (χ2v) is 10.7.